The van der Waals surface area contributed by atoms with Crippen LogP contribution in [0.2, 0.25) is 0 Å². The van der Waals surface area contributed by atoms with Crippen LogP contribution in [0.4, 0.5) is 5.69 Å². The van der Waals surface area contributed by atoms with Crippen LogP contribution in [0, 0.1) is 0 Å². The Bertz CT molecular complexity index is 455. The summed E-state index contributed by atoms with van der Waals surface area (Å²) in [4.78, 5) is 0.308. The van der Waals surface area contributed by atoms with Crippen molar-refractivity contribution in [2.75, 3.05) is 11.9 Å². The van der Waals surface area contributed by atoms with Crippen molar-refractivity contribution in [2.45, 2.75) is 38.1 Å². The average molecular weight is 256 g/mol. The first kappa shape index (κ1) is 14.0. The molecule has 1 aromatic carbocycles. The Labute approximate surface area is 103 Å². The smallest absolute Gasteiger partial charge is 0.242 e. The first-order chi connectivity index (χ1) is 7.97. The number of anilines is 1. The van der Waals surface area contributed by atoms with E-state index < -0.39 is 10.0 Å². The number of benzene rings is 1. The van der Waals surface area contributed by atoms with E-state index in [2.05, 4.69) is 10.0 Å². The molecule has 2 N–H and O–H groups in total. The molecule has 0 aliphatic rings. The minimum atomic E-state index is -3.41. The molecule has 0 saturated carbocycles. The molecular weight excluding hydrogens is 236 g/mol. The van der Waals surface area contributed by atoms with Crippen molar-refractivity contribution in [3.8, 4) is 0 Å². The van der Waals surface area contributed by atoms with Gasteiger partial charge in [0.1, 0.15) is 4.90 Å². The maximum absolute atomic E-state index is 12.0. The van der Waals surface area contributed by atoms with E-state index in [4.69, 9.17) is 0 Å². The molecule has 0 spiro atoms. The van der Waals surface area contributed by atoms with Gasteiger partial charge >= 0.3 is 0 Å². The molecule has 17 heavy (non-hydrogen) atoms. The van der Waals surface area contributed by atoms with E-state index in [0.29, 0.717) is 17.1 Å². The van der Waals surface area contributed by atoms with Crippen LogP contribution < -0.4 is 10.0 Å². The molecule has 0 aromatic heterocycles. The van der Waals surface area contributed by atoms with E-state index in [9.17, 15) is 8.42 Å². The zero-order chi connectivity index (χ0) is 12.9. The maximum atomic E-state index is 12.0. The molecule has 0 aliphatic heterocycles. The molecule has 0 bridgehead atoms. The van der Waals surface area contributed by atoms with Gasteiger partial charge in [-0.3, -0.25) is 0 Å². The van der Waals surface area contributed by atoms with Gasteiger partial charge in [0, 0.05) is 12.6 Å². The fourth-order valence-corrected chi connectivity index (χ4v) is 2.75. The predicted octanol–water partition coefficient (Wildman–Crippen LogP) is 2.20. The SMILES string of the molecule is CCCNS(=O)(=O)c1ccccc1NC(C)C. The van der Waals surface area contributed by atoms with E-state index in [1.807, 2.05) is 26.8 Å². The summed E-state index contributed by atoms with van der Waals surface area (Å²) < 4.78 is 26.7. The highest BCUT2D eigenvalue weighted by molar-refractivity contribution is 7.89. The van der Waals surface area contributed by atoms with E-state index in [-0.39, 0.29) is 6.04 Å². The van der Waals surface area contributed by atoms with Crippen LogP contribution in [0.5, 0.6) is 0 Å². The topological polar surface area (TPSA) is 58.2 Å². The Hall–Kier alpha value is -1.07. The van der Waals surface area contributed by atoms with Crippen LogP contribution in [-0.2, 0) is 10.0 Å². The molecule has 5 heteroatoms. The highest BCUT2D eigenvalue weighted by Gasteiger charge is 2.17. The molecule has 0 heterocycles. The maximum Gasteiger partial charge on any atom is 0.242 e. The van der Waals surface area contributed by atoms with E-state index in [1.165, 1.54) is 0 Å². The Morgan fingerprint density at radius 1 is 1.24 bits per heavy atom. The van der Waals surface area contributed by atoms with Crippen molar-refractivity contribution < 1.29 is 8.42 Å². The Morgan fingerprint density at radius 3 is 2.47 bits per heavy atom. The summed E-state index contributed by atoms with van der Waals surface area (Å²) in [5, 5.41) is 3.14. The van der Waals surface area contributed by atoms with Crippen molar-refractivity contribution in [2.24, 2.45) is 0 Å². The lowest BCUT2D eigenvalue weighted by Crippen LogP contribution is -2.26. The summed E-state index contributed by atoms with van der Waals surface area (Å²) in [6.45, 7) is 6.34. The van der Waals surface area contributed by atoms with Gasteiger partial charge in [0.15, 0.2) is 0 Å². The number of rotatable bonds is 6. The molecule has 4 nitrogen and oxygen atoms in total. The van der Waals surface area contributed by atoms with Crippen molar-refractivity contribution in [1.29, 1.82) is 0 Å². The number of nitrogens with one attached hydrogen (secondary N) is 2. The predicted molar refractivity (Wildman–Crippen MR) is 70.7 cm³/mol. The van der Waals surface area contributed by atoms with Gasteiger partial charge < -0.3 is 5.32 Å². The highest BCUT2D eigenvalue weighted by atomic mass is 32.2. The molecule has 1 rings (SSSR count). The second-order valence-electron chi connectivity index (χ2n) is 4.19. The Morgan fingerprint density at radius 2 is 1.88 bits per heavy atom. The zero-order valence-electron chi connectivity index (χ0n) is 10.5. The lowest BCUT2D eigenvalue weighted by atomic mass is 10.3. The first-order valence-electron chi connectivity index (χ1n) is 5.82. The minimum Gasteiger partial charge on any atom is -0.382 e. The van der Waals surface area contributed by atoms with Crippen LogP contribution in [0.3, 0.4) is 0 Å². The molecular formula is C12H20N2O2S. The number of hydrogen-bond acceptors (Lipinski definition) is 3. The fourth-order valence-electron chi connectivity index (χ4n) is 1.45. The fraction of sp³-hybridized carbons (Fsp3) is 0.500. The third-order valence-electron chi connectivity index (χ3n) is 2.16. The van der Waals surface area contributed by atoms with Crippen LogP contribution >= 0.6 is 0 Å². The number of para-hydroxylation sites is 1. The van der Waals surface area contributed by atoms with Gasteiger partial charge in [-0.1, -0.05) is 19.1 Å². The standard InChI is InChI=1S/C12H20N2O2S/c1-4-9-13-17(15,16)12-8-6-5-7-11(12)14-10(2)3/h5-8,10,13-14H,4,9H2,1-3H3. The quantitative estimate of drug-likeness (QED) is 0.820. The number of sulfonamides is 1. The van der Waals surface area contributed by atoms with Gasteiger partial charge in [0.05, 0.1) is 5.69 Å². The van der Waals surface area contributed by atoms with Crippen molar-refractivity contribution in [3.05, 3.63) is 24.3 Å². The third kappa shape index (κ3) is 4.02. The molecule has 1 aromatic rings. The molecule has 0 radical (unpaired) electrons. The van der Waals surface area contributed by atoms with Gasteiger partial charge in [0.25, 0.3) is 0 Å². The lowest BCUT2D eigenvalue weighted by molar-refractivity contribution is 0.581. The average Bonchev–Trinajstić information content (AvgIpc) is 2.26. The molecule has 96 valence electrons. The zero-order valence-corrected chi connectivity index (χ0v) is 11.3. The lowest BCUT2D eigenvalue weighted by Gasteiger charge is -2.15. The first-order valence-corrected chi connectivity index (χ1v) is 7.31. The molecule has 0 aliphatic carbocycles. The summed E-state index contributed by atoms with van der Waals surface area (Å²) in [6, 6.07) is 7.14. The van der Waals surface area contributed by atoms with Crippen molar-refractivity contribution in [3.63, 3.8) is 0 Å². The van der Waals surface area contributed by atoms with E-state index in [0.717, 1.165) is 6.42 Å². The van der Waals surface area contributed by atoms with E-state index in [1.54, 1.807) is 18.2 Å². The Balaban J connectivity index is 3.04. The summed E-state index contributed by atoms with van der Waals surface area (Å²) >= 11 is 0. The van der Waals surface area contributed by atoms with Gasteiger partial charge in [-0.15, -0.1) is 0 Å². The van der Waals surface area contributed by atoms with Gasteiger partial charge in [-0.05, 0) is 32.4 Å². The van der Waals surface area contributed by atoms with Gasteiger partial charge in [-0.25, -0.2) is 13.1 Å². The summed E-state index contributed by atoms with van der Waals surface area (Å²) in [7, 11) is -3.41. The van der Waals surface area contributed by atoms with Gasteiger partial charge in [0.2, 0.25) is 10.0 Å². The summed E-state index contributed by atoms with van der Waals surface area (Å²) in [6.07, 6.45) is 0.777. The normalized spacial score (nSPS) is 11.8. The third-order valence-corrected chi connectivity index (χ3v) is 3.68. The minimum absolute atomic E-state index is 0.192. The molecule has 0 saturated heterocycles. The van der Waals surface area contributed by atoms with E-state index >= 15 is 0 Å². The summed E-state index contributed by atoms with van der Waals surface area (Å²) in [5.41, 5.74) is 0.645. The second kappa shape index (κ2) is 6.02. The van der Waals surface area contributed by atoms with Crippen molar-refractivity contribution >= 4 is 15.7 Å². The summed E-state index contributed by atoms with van der Waals surface area (Å²) in [5.74, 6) is 0. The van der Waals surface area contributed by atoms with Crippen molar-refractivity contribution in [1.82, 2.24) is 4.72 Å². The van der Waals surface area contributed by atoms with Crippen LogP contribution in [0.15, 0.2) is 29.2 Å². The number of hydrogen-bond donors (Lipinski definition) is 2. The Kier molecular flexibility index (Phi) is 4.96. The monoisotopic (exact) mass is 256 g/mol. The highest BCUT2D eigenvalue weighted by Crippen LogP contribution is 2.21. The molecule has 0 unspecified atom stereocenters. The molecule has 0 atom stereocenters. The largest absolute Gasteiger partial charge is 0.382 e. The van der Waals surface area contributed by atoms with Crippen LogP contribution in [-0.4, -0.2) is 21.0 Å². The second-order valence-corrected chi connectivity index (χ2v) is 5.93. The molecule has 0 fully saturated rings. The van der Waals surface area contributed by atoms with Crippen LogP contribution in [0.25, 0.3) is 0 Å². The molecule has 0 amide bonds. The van der Waals surface area contributed by atoms with Crippen LogP contribution in [0.1, 0.15) is 27.2 Å². The van der Waals surface area contributed by atoms with Gasteiger partial charge in [-0.2, -0.15) is 0 Å².